The molecule has 3 N–H and O–H groups in total. The first-order valence-corrected chi connectivity index (χ1v) is 7.65. The Balaban J connectivity index is 1.69. The van der Waals surface area contributed by atoms with E-state index in [1.807, 2.05) is 0 Å². The van der Waals surface area contributed by atoms with E-state index < -0.39 is 0 Å². The van der Waals surface area contributed by atoms with Gasteiger partial charge >= 0.3 is 0 Å². The van der Waals surface area contributed by atoms with E-state index in [1.165, 1.54) is 38.5 Å². The van der Waals surface area contributed by atoms with E-state index in [9.17, 15) is 0 Å². The lowest BCUT2D eigenvalue weighted by Gasteiger charge is -2.38. The van der Waals surface area contributed by atoms with Crippen molar-refractivity contribution in [2.75, 3.05) is 35.6 Å². The number of nitrogens with zero attached hydrogens (tertiary/aromatic N) is 4. The van der Waals surface area contributed by atoms with Gasteiger partial charge in [0.25, 0.3) is 0 Å². The standard InChI is InChI=1S/C14H24N6/c1-14(6-5-7-14)10-16-12-17-11(15)18-13(19-12)20-8-3-2-4-9-20/h2-10H2,1H3,(H3,15,16,17,18,19). The minimum atomic E-state index is 0.307. The molecule has 3 rings (SSSR count). The van der Waals surface area contributed by atoms with Crippen LogP contribution in [0, 0.1) is 5.41 Å². The van der Waals surface area contributed by atoms with Crippen LogP contribution in [0.1, 0.15) is 45.4 Å². The van der Waals surface area contributed by atoms with E-state index in [2.05, 4.69) is 32.1 Å². The number of nitrogen functional groups attached to an aromatic ring is 1. The number of aromatic nitrogens is 3. The maximum atomic E-state index is 5.82. The fraction of sp³-hybridized carbons (Fsp3) is 0.786. The van der Waals surface area contributed by atoms with Crippen LogP contribution in [-0.4, -0.2) is 34.6 Å². The lowest BCUT2D eigenvalue weighted by molar-refractivity contribution is 0.179. The molecule has 0 bridgehead atoms. The monoisotopic (exact) mass is 276 g/mol. The maximum absolute atomic E-state index is 5.82. The van der Waals surface area contributed by atoms with Crippen molar-refractivity contribution >= 4 is 17.8 Å². The third kappa shape index (κ3) is 2.94. The Bertz CT molecular complexity index is 465. The topological polar surface area (TPSA) is 80.0 Å². The summed E-state index contributed by atoms with van der Waals surface area (Å²) in [6.07, 6.45) is 7.58. The maximum Gasteiger partial charge on any atom is 0.231 e. The zero-order valence-corrected chi connectivity index (χ0v) is 12.2. The molecular formula is C14H24N6. The summed E-state index contributed by atoms with van der Waals surface area (Å²) >= 11 is 0. The van der Waals surface area contributed by atoms with Crippen LogP contribution in [0.5, 0.6) is 0 Å². The number of nitrogens with two attached hydrogens (primary N) is 1. The SMILES string of the molecule is CC1(CNc2nc(N)nc(N3CCCCC3)n2)CCC1. The molecule has 0 unspecified atom stereocenters. The molecule has 1 aromatic rings. The fourth-order valence-corrected chi connectivity index (χ4v) is 2.94. The van der Waals surface area contributed by atoms with E-state index in [4.69, 9.17) is 5.73 Å². The van der Waals surface area contributed by atoms with Crippen LogP contribution in [0.25, 0.3) is 0 Å². The summed E-state index contributed by atoms with van der Waals surface area (Å²) in [4.78, 5) is 15.2. The first-order valence-electron chi connectivity index (χ1n) is 7.65. The van der Waals surface area contributed by atoms with Gasteiger partial charge in [-0.25, -0.2) is 0 Å². The van der Waals surface area contributed by atoms with Crippen molar-refractivity contribution in [1.29, 1.82) is 0 Å². The van der Waals surface area contributed by atoms with Gasteiger partial charge in [0.15, 0.2) is 0 Å². The molecule has 2 heterocycles. The summed E-state index contributed by atoms with van der Waals surface area (Å²) in [5.41, 5.74) is 6.22. The Labute approximate surface area is 120 Å². The Morgan fingerprint density at radius 3 is 2.50 bits per heavy atom. The lowest BCUT2D eigenvalue weighted by atomic mass is 9.70. The molecule has 2 fully saturated rings. The predicted octanol–water partition coefficient (Wildman–Crippen LogP) is 2.05. The van der Waals surface area contributed by atoms with Gasteiger partial charge in [0, 0.05) is 19.6 Å². The molecular weight excluding hydrogens is 252 g/mol. The van der Waals surface area contributed by atoms with Crippen LogP contribution in [0.4, 0.5) is 17.8 Å². The number of hydrogen-bond donors (Lipinski definition) is 2. The average molecular weight is 276 g/mol. The van der Waals surface area contributed by atoms with Gasteiger partial charge in [-0.05, 0) is 37.5 Å². The van der Waals surface area contributed by atoms with Crippen molar-refractivity contribution in [2.24, 2.45) is 5.41 Å². The highest BCUT2D eigenvalue weighted by atomic mass is 15.3. The first-order chi connectivity index (χ1) is 9.65. The Kier molecular flexibility index (Phi) is 3.63. The molecule has 1 aromatic heterocycles. The molecule has 6 heteroatoms. The van der Waals surface area contributed by atoms with Crippen LogP contribution in [-0.2, 0) is 0 Å². The zero-order chi connectivity index (χ0) is 14.0. The van der Waals surface area contributed by atoms with Crippen molar-refractivity contribution in [3.63, 3.8) is 0 Å². The number of anilines is 3. The molecule has 2 aliphatic rings. The van der Waals surface area contributed by atoms with Gasteiger partial charge in [0.05, 0.1) is 0 Å². The molecule has 1 saturated carbocycles. The highest BCUT2D eigenvalue weighted by Gasteiger charge is 2.31. The molecule has 1 saturated heterocycles. The first kappa shape index (κ1) is 13.4. The van der Waals surface area contributed by atoms with Gasteiger partial charge in [-0.15, -0.1) is 0 Å². The van der Waals surface area contributed by atoms with E-state index in [0.717, 1.165) is 25.6 Å². The van der Waals surface area contributed by atoms with Crippen LogP contribution in [0.2, 0.25) is 0 Å². The van der Waals surface area contributed by atoms with E-state index in [1.54, 1.807) is 0 Å². The molecule has 0 amide bonds. The largest absolute Gasteiger partial charge is 0.368 e. The van der Waals surface area contributed by atoms with Crippen molar-refractivity contribution in [1.82, 2.24) is 15.0 Å². The molecule has 0 spiro atoms. The predicted molar refractivity (Wildman–Crippen MR) is 80.8 cm³/mol. The average Bonchev–Trinajstić information content (AvgIpc) is 2.43. The number of rotatable bonds is 4. The highest BCUT2D eigenvalue weighted by molar-refractivity contribution is 5.42. The highest BCUT2D eigenvalue weighted by Crippen LogP contribution is 2.40. The molecule has 110 valence electrons. The summed E-state index contributed by atoms with van der Waals surface area (Å²) in [6.45, 7) is 5.25. The van der Waals surface area contributed by atoms with Crippen molar-refractivity contribution in [3.05, 3.63) is 0 Å². The Morgan fingerprint density at radius 1 is 1.10 bits per heavy atom. The van der Waals surface area contributed by atoms with E-state index in [-0.39, 0.29) is 0 Å². The van der Waals surface area contributed by atoms with E-state index in [0.29, 0.717) is 17.3 Å². The van der Waals surface area contributed by atoms with Gasteiger partial charge in [-0.3, -0.25) is 0 Å². The fourth-order valence-electron chi connectivity index (χ4n) is 2.94. The molecule has 0 atom stereocenters. The number of piperidine rings is 1. The molecule has 1 aliphatic heterocycles. The molecule has 1 aliphatic carbocycles. The second kappa shape index (κ2) is 5.42. The third-order valence-electron chi connectivity index (χ3n) is 4.51. The van der Waals surface area contributed by atoms with Gasteiger partial charge < -0.3 is 16.0 Å². The number of hydrogen-bond acceptors (Lipinski definition) is 6. The lowest BCUT2D eigenvalue weighted by Crippen LogP contribution is -2.34. The third-order valence-corrected chi connectivity index (χ3v) is 4.51. The Morgan fingerprint density at radius 2 is 1.85 bits per heavy atom. The van der Waals surface area contributed by atoms with Gasteiger partial charge in [-0.2, -0.15) is 15.0 Å². The summed E-state index contributed by atoms with van der Waals surface area (Å²) in [6, 6.07) is 0. The van der Waals surface area contributed by atoms with Crippen molar-refractivity contribution < 1.29 is 0 Å². The summed E-state index contributed by atoms with van der Waals surface area (Å²) < 4.78 is 0. The van der Waals surface area contributed by atoms with Crippen molar-refractivity contribution in [2.45, 2.75) is 45.4 Å². The van der Waals surface area contributed by atoms with Crippen LogP contribution >= 0.6 is 0 Å². The molecule has 6 nitrogen and oxygen atoms in total. The van der Waals surface area contributed by atoms with Crippen LogP contribution < -0.4 is 16.0 Å². The summed E-state index contributed by atoms with van der Waals surface area (Å²) in [7, 11) is 0. The molecule has 20 heavy (non-hydrogen) atoms. The smallest absolute Gasteiger partial charge is 0.231 e. The minimum absolute atomic E-state index is 0.307. The van der Waals surface area contributed by atoms with Gasteiger partial charge in [-0.1, -0.05) is 13.3 Å². The summed E-state index contributed by atoms with van der Waals surface area (Å²) in [5, 5.41) is 3.34. The minimum Gasteiger partial charge on any atom is -0.368 e. The molecule has 0 radical (unpaired) electrons. The second-order valence-corrected chi connectivity index (χ2v) is 6.38. The van der Waals surface area contributed by atoms with Gasteiger partial charge in [0.2, 0.25) is 17.8 Å². The summed E-state index contributed by atoms with van der Waals surface area (Å²) in [5.74, 6) is 1.64. The normalized spacial score (nSPS) is 21.4. The van der Waals surface area contributed by atoms with E-state index >= 15 is 0 Å². The molecule has 0 aromatic carbocycles. The zero-order valence-electron chi connectivity index (χ0n) is 12.2. The van der Waals surface area contributed by atoms with Crippen LogP contribution in [0.3, 0.4) is 0 Å². The quantitative estimate of drug-likeness (QED) is 0.876. The van der Waals surface area contributed by atoms with Crippen molar-refractivity contribution in [3.8, 4) is 0 Å². The Hall–Kier alpha value is -1.59. The van der Waals surface area contributed by atoms with Crippen LogP contribution in [0.15, 0.2) is 0 Å². The number of nitrogens with one attached hydrogen (secondary N) is 1. The van der Waals surface area contributed by atoms with Gasteiger partial charge in [0.1, 0.15) is 0 Å². The second-order valence-electron chi connectivity index (χ2n) is 6.38.